The summed E-state index contributed by atoms with van der Waals surface area (Å²) in [6.45, 7) is 5.10. The number of hydrogen-bond donors (Lipinski definition) is 1. The number of fused-ring (bicyclic) bond motifs is 5. The van der Waals surface area contributed by atoms with Crippen molar-refractivity contribution >= 4 is 5.97 Å². The van der Waals surface area contributed by atoms with Gasteiger partial charge in [0.05, 0.1) is 19.1 Å². The van der Waals surface area contributed by atoms with Gasteiger partial charge in [0.2, 0.25) is 0 Å². The average molecular weight is 449 g/mol. The third-order valence-electron chi connectivity index (χ3n) is 8.80. The van der Waals surface area contributed by atoms with E-state index in [0.29, 0.717) is 37.4 Å². The average Bonchev–Trinajstić information content (AvgIpc) is 3.08. The molecule has 0 amide bonds. The molecule has 2 aromatic carbocycles. The van der Waals surface area contributed by atoms with Crippen LogP contribution in [-0.2, 0) is 22.6 Å². The standard InChI is InChI=1S/C29H36O4/c1-3-32-27(30)17-21-16-26-25-11-9-20-15-22(33-18-19-7-5-4-6-8-19)10-12-23(20)24(25)13-14-29(26,2)28(21)31/h4-8,10,12,15,21,24-26,28,31H,3,9,11,13-14,16-18H2,1-2H3/t21-,24+,25+,26-,28-,29-/m0/s1. The normalized spacial score (nSPS) is 32.4. The van der Waals surface area contributed by atoms with Gasteiger partial charge in [-0.25, -0.2) is 0 Å². The minimum Gasteiger partial charge on any atom is -0.489 e. The van der Waals surface area contributed by atoms with Gasteiger partial charge in [0.1, 0.15) is 12.4 Å². The summed E-state index contributed by atoms with van der Waals surface area (Å²) < 4.78 is 11.3. The molecule has 0 bridgehead atoms. The monoisotopic (exact) mass is 448 g/mol. The van der Waals surface area contributed by atoms with E-state index in [1.165, 1.54) is 16.7 Å². The number of ether oxygens (including phenoxy) is 2. The number of esters is 1. The molecule has 4 heteroatoms. The highest BCUT2D eigenvalue weighted by Crippen LogP contribution is 2.62. The predicted octanol–water partition coefficient (Wildman–Crippen LogP) is 5.66. The zero-order valence-electron chi connectivity index (χ0n) is 19.8. The minimum absolute atomic E-state index is 0.0213. The Morgan fingerprint density at radius 1 is 1.15 bits per heavy atom. The molecule has 6 atom stereocenters. The first-order chi connectivity index (χ1) is 16.0. The number of carbonyl (C=O) groups is 1. The summed E-state index contributed by atoms with van der Waals surface area (Å²) in [5.74, 6) is 2.39. The quantitative estimate of drug-likeness (QED) is 0.579. The Labute approximate surface area is 197 Å². The number of aliphatic hydroxyl groups is 1. The zero-order chi connectivity index (χ0) is 23.0. The van der Waals surface area contributed by atoms with Crippen LogP contribution in [0.1, 0.15) is 68.6 Å². The van der Waals surface area contributed by atoms with Crippen LogP contribution < -0.4 is 4.74 Å². The molecule has 3 aliphatic rings. The fraction of sp³-hybridized carbons (Fsp3) is 0.552. The number of carbonyl (C=O) groups excluding carboxylic acids is 1. The summed E-state index contributed by atoms with van der Waals surface area (Å²) >= 11 is 0. The molecule has 0 aliphatic heterocycles. The molecule has 0 unspecified atom stereocenters. The molecule has 176 valence electrons. The number of aryl methyl sites for hydroxylation is 1. The Bertz CT molecular complexity index is 986. The van der Waals surface area contributed by atoms with Gasteiger partial charge in [-0.3, -0.25) is 4.79 Å². The van der Waals surface area contributed by atoms with Crippen molar-refractivity contribution in [2.24, 2.45) is 23.2 Å². The largest absolute Gasteiger partial charge is 0.489 e. The Balaban J connectivity index is 1.30. The topological polar surface area (TPSA) is 55.8 Å². The fourth-order valence-corrected chi connectivity index (χ4v) is 7.17. The molecule has 2 saturated carbocycles. The maximum atomic E-state index is 12.1. The summed E-state index contributed by atoms with van der Waals surface area (Å²) in [7, 11) is 0. The van der Waals surface area contributed by atoms with Crippen molar-refractivity contribution in [3.8, 4) is 5.75 Å². The van der Waals surface area contributed by atoms with Crippen LogP contribution >= 0.6 is 0 Å². The Kier molecular flexibility index (Phi) is 6.22. The molecule has 0 spiro atoms. The number of hydrogen-bond acceptors (Lipinski definition) is 4. The van der Waals surface area contributed by atoms with E-state index < -0.39 is 6.10 Å². The van der Waals surface area contributed by atoms with Crippen molar-refractivity contribution < 1.29 is 19.4 Å². The predicted molar refractivity (Wildman–Crippen MR) is 128 cm³/mol. The Hall–Kier alpha value is -2.33. The van der Waals surface area contributed by atoms with Crippen LogP contribution in [0.15, 0.2) is 48.5 Å². The summed E-state index contributed by atoms with van der Waals surface area (Å²) in [6, 6.07) is 17.0. The van der Waals surface area contributed by atoms with E-state index in [4.69, 9.17) is 9.47 Å². The molecule has 0 heterocycles. The van der Waals surface area contributed by atoms with Gasteiger partial charge < -0.3 is 14.6 Å². The van der Waals surface area contributed by atoms with Crippen LogP contribution in [0.25, 0.3) is 0 Å². The highest BCUT2D eigenvalue weighted by atomic mass is 16.5. The molecular formula is C29H36O4. The number of rotatable bonds is 6. The molecule has 2 aromatic rings. The summed E-state index contributed by atoms with van der Waals surface area (Å²) in [5, 5.41) is 11.2. The molecule has 0 saturated heterocycles. The second kappa shape index (κ2) is 9.13. The van der Waals surface area contributed by atoms with Gasteiger partial charge in [0, 0.05) is 0 Å². The lowest BCUT2D eigenvalue weighted by atomic mass is 9.55. The van der Waals surface area contributed by atoms with E-state index in [-0.39, 0.29) is 17.3 Å². The summed E-state index contributed by atoms with van der Waals surface area (Å²) in [6.07, 6.45) is 5.21. The highest BCUT2D eigenvalue weighted by molar-refractivity contribution is 5.69. The molecule has 1 N–H and O–H groups in total. The SMILES string of the molecule is CCOC(=O)C[C@@H]1C[C@H]2[C@@H]3CCc4cc(OCc5ccccc5)ccc4[C@H]3CC[C@]2(C)[C@H]1O. The van der Waals surface area contributed by atoms with Crippen molar-refractivity contribution in [3.63, 3.8) is 0 Å². The van der Waals surface area contributed by atoms with E-state index in [9.17, 15) is 9.90 Å². The van der Waals surface area contributed by atoms with Gasteiger partial charge in [-0.05, 0) is 96.9 Å². The van der Waals surface area contributed by atoms with Crippen LogP contribution in [0.5, 0.6) is 5.75 Å². The van der Waals surface area contributed by atoms with Crippen molar-refractivity contribution in [2.45, 2.75) is 71.0 Å². The van der Waals surface area contributed by atoms with E-state index in [1.54, 1.807) is 0 Å². The molecule has 3 aliphatic carbocycles. The van der Waals surface area contributed by atoms with E-state index in [1.807, 2.05) is 25.1 Å². The van der Waals surface area contributed by atoms with Gasteiger partial charge >= 0.3 is 5.97 Å². The van der Waals surface area contributed by atoms with Gasteiger partial charge in [-0.2, -0.15) is 0 Å². The molecule has 4 nitrogen and oxygen atoms in total. The third kappa shape index (κ3) is 4.19. The van der Waals surface area contributed by atoms with Crippen LogP contribution in [0, 0.1) is 23.2 Å². The summed E-state index contributed by atoms with van der Waals surface area (Å²) in [4.78, 5) is 12.1. The lowest BCUT2D eigenvalue weighted by Crippen LogP contribution is -2.44. The van der Waals surface area contributed by atoms with E-state index >= 15 is 0 Å². The molecule has 33 heavy (non-hydrogen) atoms. The molecule has 2 fully saturated rings. The zero-order valence-corrected chi connectivity index (χ0v) is 19.8. The maximum Gasteiger partial charge on any atom is 0.306 e. The van der Waals surface area contributed by atoms with Crippen LogP contribution in [0.3, 0.4) is 0 Å². The van der Waals surface area contributed by atoms with Gasteiger partial charge in [0.15, 0.2) is 0 Å². The van der Waals surface area contributed by atoms with E-state index in [2.05, 4.69) is 37.3 Å². The minimum atomic E-state index is -0.414. The first-order valence-electron chi connectivity index (χ1n) is 12.6. The lowest BCUT2D eigenvalue weighted by Gasteiger charge is -2.50. The van der Waals surface area contributed by atoms with Gasteiger partial charge in [-0.15, -0.1) is 0 Å². The van der Waals surface area contributed by atoms with Gasteiger partial charge in [0.25, 0.3) is 0 Å². The van der Waals surface area contributed by atoms with Crippen LogP contribution in [-0.4, -0.2) is 23.8 Å². The molecule has 0 radical (unpaired) electrons. The van der Waals surface area contributed by atoms with Crippen molar-refractivity contribution in [3.05, 3.63) is 65.2 Å². The Morgan fingerprint density at radius 2 is 1.97 bits per heavy atom. The van der Waals surface area contributed by atoms with Crippen molar-refractivity contribution in [1.29, 1.82) is 0 Å². The van der Waals surface area contributed by atoms with Crippen LogP contribution in [0.4, 0.5) is 0 Å². The smallest absolute Gasteiger partial charge is 0.306 e. The van der Waals surface area contributed by atoms with E-state index in [0.717, 1.165) is 37.9 Å². The number of aliphatic hydroxyl groups excluding tert-OH is 1. The molecular weight excluding hydrogens is 412 g/mol. The summed E-state index contributed by atoms with van der Waals surface area (Å²) in [5.41, 5.74) is 3.99. The maximum absolute atomic E-state index is 12.1. The van der Waals surface area contributed by atoms with Crippen molar-refractivity contribution in [1.82, 2.24) is 0 Å². The lowest BCUT2D eigenvalue weighted by molar-refractivity contribution is -0.145. The highest BCUT2D eigenvalue weighted by Gasteiger charge is 2.58. The second-order valence-corrected chi connectivity index (χ2v) is 10.5. The third-order valence-corrected chi connectivity index (χ3v) is 8.80. The molecule has 0 aromatic heterocycles. The Morgan fingerprint density at radius 3 is 2.76 bits per heavy atom. The fourth-order valence-electron chi connectivity index (χ4n) is 7.17. The number of benzene rings is 2. The first kappa shape index (κ1) is 22.5. The van der Waals surface area contributed by atoms with Gasteiger partial charge in [-0.1, -0.05) is 43.3 Å². The van der Waals surface area contributed by atoms with Crippen LogP contribution in [0.2, 0.25) is 0 Å². The van der Waals surface area contributed by atoms with Crippen molar-refractivity contribution in [2.75, 3.05) is 6.61 Å². The molecule has 5 rings (SSSR count). The second-order valence-electron chi connectivity index (χ2n) is 10.5. The first-order valence-corrected chi connectivity index (χ1v) is 12.6.